The van der Waals surface area contributed by atoms with E-state index in [2.05, 4.69) is 26.3 Å². The fourth-order valence-corrected chi connectivity index (χ4v) is 25.3. The van der Waals surface area contributed by atoms with Crippen LogP contribution in [0.2, 0.25) is 39.3 Å². The highest BCUT2D eigenvalue weighted by molar-refractivity contribution is 6.92. The Bertz CT molecular complexity index is 655. The van der Waals surface area contributed by atoms with Gasteiger partial charge in [0.15, 0.2) is 0 Å². The Kier molecular flexibility index (Phi) is 12.7. The summed E-state index contributed by atoms with van der Waals surface area (Å²) in [4.78, 5) is 40.6. The van der Waals surface area contributed by atoms with Crippen molar-refractivity contribution in [2.45, 2.75) is 39.3 Å². The summed E-state index contributed by atoms with van der Waals surface area (Å²) >= 11 is 0. The Morgan fingerprint density at radius 2 is 0.914 bits per heavy atom. The third-order valence-corrected chi connectivity index (χ3v) is 25.4. The van der Waals surface area contributed by atoms with Crippen LogP contribution in [0.15, 0.2) is 49.1 Å². The molecule has 0 amide bonds. The molecule has 1 fully saturated rings. The average Bonchev–Trinajstić information content (AvgIpc) is 2.71. The van der Waals surface area contributed by atoms with E-state index in [1.165, 1.54) is 0 Å². The number of aliphatic hydroxyl groups is 1. The fraction of sp³-hybridized carbons (Fsp3) is 0.500. The molecule has 204 valence electrons. The molecule has 19 heteroatoms. The second kappa shape index (κ2) is 12.7. The van der Waals surface area contributed by atoms with Gasteiger partial charge >= 0.3 is 52.3 Å². The van der Waals surface area contributed by atoms with Crippen LogP contribution in [0.3, 0.4) is 0 Å². The van der Waals surface area contributed by atoms with Gasteiger partial charge in [0, 0.05) is 7.11 Å². The molecule has 0 aromatic carbocycles. The van der Waals surface area contributed by atoms with E-state index in [-0.39, 0.29) is 6.23 Å². The first-order chi connectivity index (χ1) is 15.6. The van der Waals surface area contributed by atoms with Crippen molar-refractivity contribution in [1.29, 1.82) is 0 Å². The summed E-state index contributed by atoms with van der Waals surface area (Å²) in [7, 11) is -21.4. The Morgan fingerprint density at radius 3 is 1.11 bits per heavy atom. The number of aliphatic hydroxyl groups excluding tert-OH is 1. The topological polar surface area (TPSA) is 166 Å². The Morgan fingerprint density at radius 1 is 0.629 bits per heavy atom. The molecule has 0 unspecified atom stereocenters. The molecule has 0 saturated carbocycles. The molecular weight excluding hydrogens is 581 g/mol. The van der Waals surface area contributed by atoms with E-state index in [4.69, 9.17) is 29.1 Å². The van der Waals surface area contributed by atoms with E-state index in [0.29, 0.717) is 0 Å². The zero-order valence-corrected chi connectivity index (χ0v) is 28.4. The lowest BCUT2D eigenvalue weighted by Gasteiger charge is -2.40. The minimum Gasteiger partial charge on any atom is -0.435 e. The molecule has 1 aliphatic heterocycles. The molecule has 5 N–H and O–H groups in total. The SMILES string of the molecule is C=C[Si]1(O)O[Si](O)(C=C)O[Si](O)(C=C)O[Si](O)(C=C)O1.CO[Si](C)(C)O[Si](C)(C)O[Si](C)(C)CO. The van der Waals surface area contributed by atoms with Crippen LogP contribution in [-0.4, -0.2) is 98.3 Å². The van der Waals surface area contributed by atoms with E-state index in [0.717, 1.165) is 22.8 Å². The summed E-state index contributed by atoms with van der Waals surface area (Å²) in [5.41, 5.74) is 3.62. The average molecular weight is 621 g/mol. The molecule has 0 aromatic heterocycles. The first-order valence-corrected chi connectivity index (χ1v) is 26.5. The van der Waals surface area contributed by atoms with Crippen LogP contribution in [0, 0.1) is 0 Å². The van der Waals surface area contributed by atoms with Crippen LogP contribution < -0.4 is 0 Å². The van der Waals surface area contributed by atoms with Crippen LogP contribution in [0.25, 0.3) is 0 Å². The third-order valence-electron chi connectivity index (χ3n) is 4.09. The summed E-state index contributed by atoms with van der Waals surface area (Å²) in [5.74, 6) is 0. The van der Waals surface area contributed by atoms with Gasteiger partial charge in [-0.1, -0.05) is 26.3 Å². The molecule has 1 heterocycles. The van der Waals surface area contributed by atoms with Crippen molar-refractivity contribution >= 4 is 60.7 Å². The standard InChI is InChI=1S/C8H16O8Si4.C8H24O4Si3/c1-5-17(9)13-18(10,6-2)15-20(12,8-4)16-19(11,7-3)14-17;1-10-14(4,5)12-15(6,7)11-13(2,3)8-9/h5-12H,1-4H2;9H,8H2,1-7H3. The molecule has 0 aliphatic carbocycles. The maximum absolute atomic E-state index is 10.1. The van der Waals surface area contributed by atoms with Crippen molar-refractivity contribution in [2.75, 3.05) is 13.3 Å². The van der Waals surface area contributed by atoms with Gasteiger partial charge in [0.25, 0.3) is 0 Å². The van der Waals surface area contributed by atoms with Crippen LogP contribution in [0.1, 0.15) is 0 Å². The fourth-order valence-electron chi connectivity index (χ4n) is 2.61. The quantitative estimate of drug-likeness (QED) is 0.215. The van der Waals surface area contributed by atoms with E-state index >= 15 is 0 Å². The van der Waals surface area contributed by atoms with Crippen LogP contribution in [-0.2, 0) is 29.1 Å². The second-order valence-electron chi connectivity index (χ2n) is 8.87. The van der Waals surface area contributed by atoms with Crippen molar-refractivity contribution in [1.82, 2.24) is 0 Å². The van der Waals surface area contributed by atoms with Crippen molar-refractivity contribution < 1.29 is 53.4 Å². The lowest BCUT2D eigenvalue weighted by molar-refractivity contribution is 0.0910. The molecule has 0 aromatic rings. The lowest BCUT2D eigenvalue weighted by Crippen LogP contribution is -2.69. The van der Waals surface area contributed by atoms with Crippen LogP contribution in [0.5, 0.6) is 0 Å². The van der Waals surface area contributed by atoms with Gasteiger partial charge in [-0.15, -0.1) is 0 Å². The Hall–Kier alpha value is -0.00182. The largest absolute Gasteiger partial charge is 0.512 e. The minimum atomic E-state index is -4.21. The first-order valence-electron chi connectivity index (χ1n) is 10.4. The van der Waals surface area contributed by atoms with Gasteiger partial charge in [-0.2, -0.15) is 0 Å². The minimum absolute atomic E-state index is 0.127. The first kappa shape index (κ1) is 35.0. The molecule has 0 radical (unpaired) electrons. The molecule has 0 bridgehead atoms. The van der Waals surface area contributed by atoms with Crippen molar-refractivity contribution in [3.8, 4) is 0 Å². The van der Waals surface area contributed by atoms with Gasteiger partial charge in [0.05, 0.1) is 6.23 Å². The zero-order valence-electron chi connectivity index (χ0n) is 21.4. The van der Waals surface area contributed by atoms with Crippen molar-refractivity contribution in [3.05, 3.63) is 49.1 Å². The summed E-state index contributed by atoms with van der Waals surface area (Å²) < 4.78 is 37.5. The summed E-state index contributed by atoms with van der Waals surface area (Å²) in [5, 5.41) is 9.20. The maximum Gasteiger partial charge on any atom is 0.512 e. The Labute approximate surface area is 215 Å². The van der Waals surface area contributed by atoms with Gasteiger partial charge in [-0.3, -0.25) is 0 Å². The molecular formula is C16H40O12Si7. The predicted octanol–water partition coefficient (Wildman–Crippen LogP) is 0.498. The highest BCUT2D eigenvalue weighted by Crippen LogP contribution is 2.28. The van der Waals surface area contributed by atoms with Gasteiger partial charge in [-0.25, -0.2) is 0 Å². The smallest absolute Gasteiger partial charge is 0.435 e. The van der Waals surface area contributed by atoms with Gasteiger partial charge in [0.2, 0.25) is 8.32 Å². The van der Waals surface area contributed by atoms with Crippen LogP contribution >= 0.6 is 0 Å². The number of hydrogen-bond acceptors (Lipinski definition) is 12. The van der Waals surface area contributed by atoms with E-state index < -0.39 is 60.7 Å². The summed E-state index contributed by atoms with van der Waals surface area (Å²) in [6.45, 7) is 25.3. The zero-order chi connectivity index (χ0) is 28.0. The second-order valence-corrected chi connectivity index (χ2v) is 30.3. The van der Waals surface area contributed by atoms with E-state index in [1.807, 2.05) is 39.3 Å². The van der Waals surface area contributed by atoms with E-state index in [1.54, 1.807) is 7.11 Å². The predicted molar refractivity (Wildman–Crippen MR) is 146 cm³/mol. The van der Waals surface area contributed by atoms with Crippen molar-refractivity contribution in [2.24, 2.45) is 0 Å². The molecule has 0 atom stereocenters. The monoisotopic (exact) mass is 620 g/mol. The molecule has 12 nitrogen and oxygen atoms in total. The number of hydrogen-bond donors (Lipinski definition) is 5. The van der Waals surface area contributed by atoms with Gasteiger partial charge in [0.1, 0.15) is 0 Å². The molecule has 35 heavy (non-hydrogen) atoms. The summed E-state index contributed by atoms with van der Waals surface area (Å²) in [6.07, 6.45) is 0.127. The van der Waals surface area contributed by atoms with Gasteiger partial charge in [-0.05, 0) is 62.1 Å². The van der Waals surface area contributed by atoms with Crippen LogP contribution in [0.4, 0.5) is 0 Å². The molecule has 1 saturated heterocycles. The lowest BCUT2D eigenvalue weighted by atomic mass is 11.3. The van der Waals surface area contributed by atoms with Gasteiger partial charge < -0.3 is 53.4 Å². The molecule has 0 spiro atoms. The maximum atomic E-state index is 10.1. The van der Waals surface area contributed by atoms with Crippen molar-refractivity contribution in [3.63, 3.8) is 0 Å². The molecule has 1 aliphatic rings. The summed E-state index contributed by atoms with van der Waals surface area (Å²) in [6, 6.07) is 0. The third kappa shape index (κ3) is 11.9. The molecule has 1 rings (SSSR count). The Balaban J connectivity index is 0.000000691. The highest BCUT2D eigenvalue weighted by Gasteiger charge is 2.61. The highest BCUT2D eigenvalue weighted by atomic mass is 28.6. The normalized spacial score (nSPS) is 32.3. The number of rotatable bonds is 10. The van der Waals surface area contributed by atoms with E-state index in [9.17, 15) is 24.3 Å².